The van der Waals surface area contributed by atoms with E-state index in [-0.39, 0.29) is 5.88 Å². The Morgan fingerprint density at radius 3 is 2.80 bits per heavy atom. The summed E-state index contributed by atoms with van der Waals surface area (Å²) in [6.45, 7) is 0. The Kier molecular flexibility index (Phi) is 2.36. The average Bonchev–Trinajstić information content (AvgIpc) is 2.59. The summed E-state index contributed by atoms with van der Waals surface area (Å²) in [6, 6.07) is 4.78. The van der Waals surface area contributed by atoms with Gasteiger partial charge in [0, 0.05) is 9.86 Å². The van der Waals surface area contributed by atoms with Gasteiger partial charge in [0.25, 0.3) is 0 Å². The Morgan fingerprint density at radius 2 is 2.20 bits per heavy atom. The van der Waals surface area contributed by atoms with Crippen molar-refractivity contribution in [3.8, 4) is 5.75 Å². The zero-order valence-electron chi connectivity index (χ0n) is 7.69. The van der Waals surface area contributed by atoms with Crippen molar-refractivity contribution in [2.24, 2.45) is 0 Å². The van der Waals surface area contributed by atoms with Gasteiger partial charge in [0.05, 0.1) is 13.2 Å². The van der Waals surface area contributed by atoms with Gasteiger partial charge in [0.1, 0.15) is 4.92 Å². The molecular weight excluding hydrogens is 266 g/mol. The molecule has 0 saturated carbocycles. The van der Waals surface area contributed by atoms with E-state index >= 15 is 0 Å². The van der Waals surface area contributed by atoms with Crippen molar-refractivity contribution >= 4 is 32.8 Å². The van der Waals surface area contributed by atoms with Gasteiger partial charge >= 0.3 is 5.88 Å². The summed E-state index contributed by atoms with van der Waals surface area (Å²) in [4.78, 5) is 9.94. The monoisotopic (exact) mass is 271 g/mol. The molecule has 0 aliphatic heterocycles. The third-order valence-corrected chi connectivity index (χ3v) is 2.39. The predicted molar refractivity (Wildman–Crippen MR) is 57.1 cm³/mol. The fraction of sp³-hybridized carbons (Fsp3) is 0.111. The van der Waals surface area contributed by atoms with Gasteiger partial charge in [-0.3, -0.25) is 10.1 Å². The van der Waals surface area contributed by atoms with E-state index in [1.165, 1.54) is 13.2 Å². The molecule has 1 heterocycles. The van der Waals surface area contributed by atoms with Gasteiger partial charge in [0.2, 0.25) is 0 Å². The first kappa shape index (κ1) is 9.97. The summed E-state index contributed by atoms with van der Waals surface area (Å²) in [6.07, 6.45) is 0. The molecule has 0 radical (unpaired) electrons. The lowest BCUT2D eigenvalue weighted by Crippen LogP contribution is -1.83. The number of nitrogens with zero attached hydrogens (tertiary/aromatic N) is 1. The van der Waals surface area contributed by atoms with Crippen molar-refractivity contribution in [1.29, 1.82) is 0 Å². The summed E-state index contributed by atoms with van der Waals surface area (Å²) in [5, 5.41) is 11.1. The molecule has 1 aromatic carbocycles. The van der Waals surface area contributed by atoms with Crippen LogP contribution in [0.2, 0.25) is 0 Å². The van der Waals surface area contributed by atoms with Gasteiger partial charge in [-0.15, -0.1) is 0 Å². The van der Waals surface area contributed by atoms with E-state index in [1.807, 2.05) is 0 Å². The molecular formula is C9H6BrNO4. The molecule has 1 aromatic heterocycles. The van der Waals surface area contributed by atoms with Crippen molar-refractivity contribution in [3.05, 3.63) is 32.8 Å². The van der Waals surface area contributed by atoms with Crippen LogP contribution in [0.5, 0.6) is 5.75 Å². The molecule has 6 heteroatoms. The van der Waals surface area contributed by atoms with E-state index in [1.54, 1.807) is 12.1 Å². The SMILES string of the molecule is COc1cc(Br)cc2cc([N+](=O)[O-])oc12. The zero-order valence-corrected chi connectivity index (χ0v) is 9.28. The van der Waals surface area contributed by atoms with Crippen LogP contribution < -0.4 is 4.74 Å². The van der Waals surface area contributed by atoms with Crippen molar-refractivity contribution in [1.82, 2.24) is 0 Å². The number of furan rings is 1. The highest BCUT2D eigenvalue weighted by Crippen LogP contribution is 2.34. The normalized spacial score (nSPS) is 10.5. The molecule has 0 amide bonds. The van der Waals surface area contributed by atoms with Crippen molar-refractivity contribution in [2.75, 3.05) is 7.11 Å². The smallest absolute Gasteiger partial charge is 0.434 e. The molecule has 0 saturated heterocycles. The number of methoxy groups -OCH3 is 1. The molecule has 0 N–H and O–H groups in total. The van der Waals surface area contributed by atoms with E-state index < -0.39 is 4.92 Å². The van der Waals surface area contributed by atoms with Crippen molar-refractivity contribution in [2.45, 2.75) is 0 Å². The van der Waals surface area contributed by atoms with E-state index in [0.29, 0.717) is 16.7 Å². The Bertz CT molecular complexity index is 534. The summed E-state index contributed by atoms with van der Waals surface area (Å²) in [5.74, 6) is 0.175. The third-order valence-electron chi connectivity index (χ3n) is 1.93. The van der Waals surface area contributed by atoms with Crippen LogP contribution in [-0.2, 0) is 0 Å². The molecule has 15 heavy (non-hydrogen) atoms. The summed E-state index contributed by atoms with van der Waals surface area (Å²) in [5.41, 5.74) is 0.382. The summed E-state index contributed by atoms with van der Waals surface area (Å²) < 4.78 is 10.9. The molecule has 0 atom stereocenters. The van der Waals surface area contributed by atoms with Gasteiger partial charge < -0.3 is 9.15 Å². The minimum absolute atomic E-state index is 0.290. The van der Waals surface area contributed by atoms with Crippen molar-refractivity contribution in [3.63, 3.8) is 0 Å². The standard InChI is InChI=1S/C9H6BrNO4/c1-14-7-4-6(10)2-5-3-8(11(12)13)15-9(5)7/h2-4H,1H3. The zero-order chi connectivity index (χ0) is 11.0. The number of hydrogen-bond acceptors (Lipinski definition) is 4. The number of halogens is 1. The number of rotatable bonds is 2. The molecule has 0 aliphatic rings. The van der Waals surface area contributed by atoms with Crippen LogP contribution in [0, 0.1) is 10.1 Å². The average molecular weight is 272 g/mol. The Hall–Kier alpha value is -1.56. The summed E-state index contributed by atoms with van der Waals surface area (Å²) in [7, 11) is 1.48. The Balaban J connectivity index is 2.74. The van der Waals surface area contributed by atoms with Crippen LogP contribution in [0.3, 0.4) is 0 Å². The largest absolute Gasteiger partial charge is 0.493 e. The van der Waals surface area contributed by atoms with Crippen LogP contribution in [-0.4, -0.2) is 12.0 Å². The minimum Gasteiger partial charge on any atom is -0.493 e. The second-order valence-electron chi connectivity index (χ2n) is 2.87. The molecule has 5 nitrogen and oxygen atoms in total. The highest BCUT2D eigenvalue weighted by atomic mass is 79.9. The molecule has 0 fully saturated rings. The predicted octanol–water partition coefficient (Wildman–Crippen LogP) is 3.11. The topological polar surface area (TPSA) is 65.5 Å². The van der Waals surface area contributed by atoms with E-state index in [2.05, 4.69) is 15.9 Å². The second kappa shape index (κ2) is 3.54. The minimum atomic E-state index is -0.576. The molecule has 0 aliphatic carbocycles. The fourth-order valence-corrected chi connectivity index (χ4v) is 1.77. The first-order chi connectivity index (χ1) is 7.11. The fourth-order valence-electron chi connectivity index (χ4n) is 1.31. The lowest BCUT2D eigenvalue weighted by molar-refractivity contribution is -0.401. The van der Waals surface area contributed by atoms with Crippen LogP contribution in [0.15, 0.2) is 27.1 Å². The van der Waals surface area contributed by atoms with Gasteiger partial charge in [-0.05, 0) is 12.1 Å². The van der Waals surface area contributed by atoms with Gasteiger partial charge in [-0.25, -0.2) is 0 Å². The first-order valence-electron chi connectivity index (χ1n) is 4.03. The molecule has 0 bridgehead atoms. The van der Waals surface area contributed by atoms with E-state index in [9.17, 15) is 10.1 Å². The maximum Gasteiger partial charge on any atom is 0.434 e. The van der Waals surface area contributed by atoms with Crippen LogP contribution in [0.4, 0.5) is 5.88 Å². The lowest BCUT2D eigenvalue weighted by atomic mass is 10.2. The lowest BCUT2D eigenvalue weighted by Gasteiger charge is -1.99. The van der Waals surface area contributed by atoms with Crippen LogP contribution in [0.1, 0.15) is 0 Å². The maximum atomic E-state index is 10.5. The molecule has 78 valence electrons. The van der Waals surface area contributed by atoms with Crippen LogP contribution in [0.25, 0.3) is 11.0 Å². The maximum absolute atomic E-state index is 10.5. The Morgan fingerprint density at radius 1 is 1.47 bits per heavy atom. The number of hydrogen-bond donors (Lipinski definition) is 0. The van der Waals surface area contributed by atoms with Gasteiger partial charge in [-0.2, -0.15) is 0 Å². The van der Waals surface area contributed by atoms with Gasteiger partial charge in [0.15, 0.2) is 11.3 Å². The molecule has 0 unspecified atom stereocenters. The second-order valence-corrected chi connectivity index (χ2v) is 3.78. The number of ether oxygens (including phenoxy) is 1. The van der Waals surface area contributed by atoms with E-state index in [4.69, 9.17) is 9.15 Å². The molecule has 0 spiro atoms. The first-order valence-corrected chi connectivity index (χ1v) is 4.82. The Labute approximate surface area is 92.9 Å². The highest BCUT2D eigenvalue weighted by Gasteiger charge is 2.16. The van der Waals surface area contributed by atoms with Gasteiger partial charge in [-0.1, -0.05) is 15.9 Å². The molecule has 2 aromatic rings. The quantitative estimate of drug-likeness (QED) is 0.622. The number of nitro groups is 1. The highest BCUT2D eigenvalue weighted by molar-refractivity contribution is 9.10. The van der Waals surface area contributed by atoms with Crippen molar-refractivity contribution < 1.29 is 14.1 Å². The number of benzene rings is 1. The number of fused-ring (bicyclic) bond motifs is 1. The summed E-state index contributed by atoms with van der Waals surface area (Å²) >= 11 is 3.28. The third kappa shape index (κ3) is 1.68. The van der Waals surface area contributed by atoms with E-state index in [0.717, 1.165) is 4.47 Å². The van der Waals surface area contributed by atoms with Crippen LogP contribution >= 0.6 is 15.9 Å². The molecule has 2 rings (SSSR count).